The van der Waals surface area contributed by atoms with Crippen LogP contribution in [-0.4, -0.2) is 29.1 Å². The van der Waals surface area contributed by atoms with Gasteiger partial charge in [0, 0.05) is 12.1 Å². The summed E-state index contributed by atoms with van der Waals surface area (Å²) in [6.07, 6.45) is 0. The van der Waals surface area contributed by atoms with E-state index in [9.17, 15) is 4.79 Å². The first-order chi connectivity index (χ1) is 12.7. The summed E-state index contributed by atoms with van der Waals surface area (Å²) in [6, 6.07) is 16.1. The SMILES string of the molecule is CC(c1ccccc1)N1Cc2cc(B3OC(C)(C)C(C)(C)O3)ccc2C1=O. The molecule has 2 aliphatic rings. The molecule has 0 spiro atoms. The highest BCUT2D eigenvalue weighted by molar-refractivity contribution is 6.62. The van der Waals surface area contributed by atoms with E-state index in [2.05, 4.69) is 25.1 Å². The summed E-state index contributed by atoms with van der Waals surface area (Å²) in [6.45, 7) is 10.9. The van der Waals surface area contributed by atoms with Gasteiger partial charge in [-0.15, -0.1) is 0 Å². The summed E-state index contributed by atoms with van der Waals surface area (Å²) in [5.74, 6) is 0.0850. The van der Waals surface area contributed by atoms with Crippen molar-refractivity contribution in [2.24, 2.45) is 0 Å². The maximum atomic E-state index is 12.9. The number of hydrogen-bond acceptors (Lipinski definition) is 3. The Kier molecular flexibility index (Phi) is 4.20. The number of hydrogen-bond donors (Lipinski definition) is 0. The van der Waals surface area contributed by atoms with Gasteiger partial charge in [0.15, 0.2) is 0 Å². The Morgan fingerprint density at radius 3 is 2.26 bits per heavy atom. The highest BCUT2D eigenvalue weighted by Crippen LogP contribution is 2.37. The lowest BCUT2D eigenvalue weighted by molar-refractivity contribution is 0.00578. The first-order valence-electron chi connectivity index (χ1n) is 9.54. The molecule has 4 nitrogen and oxygen atoms in total. The van der Waals surface area contributed by atoms with Gasteiger partial charge in [0.1, 0.15) is 0 Å². The van der Waals surface area contributed by atoms with Gasteiger partial charge in [-0.1, -0.05) is 42.5 Å². The smallest absolute Gasteiger partial charge is 0.399 e. The third-order valence-corrected chi connectivity index (χ3v) is 6.24. The molecule has 0 radical (unpaired) electrons. The molecule has 1 amide bonds. The lowest BCUT2D eigenvalue weighted by Gasteiger charge is -2.32. The Bertz CT molecular complexity index is 862. The van der Waals surface area contributed by atoms with Crippen LogP contribution in [0.4, 0.5) is 0 Å². The minimum atomic E-state index is -0.406. The van der Waals surface area contributed by atoms with Crippen LogP contribution in [0.15, 0.2) is 48.5 Å². The van der Waals surface area contributed by atoms with Gasteiger partial charge >= 0.3 is 7.12 Å². The van der Waals surface area contributed by atoms with Crippen LogP contribution in [0, 0.1) is 0 Å². The van der Waals surface area contributed by atoms with Crippen LogP contribution in [0.3, 0.4) is 0 Å². The van der Waals surface area contributed by atoms with E-state index in [1.165, 1.54) is 0 Å². The van der Waals surface area contributed by atoms with Crippen molar-refractivity contribution >= 4 is 18.5 Å². The molecule has 5 heteroatoms. The van der Waals surface area contributed by atoms with Gasteiger partial charge in [-0.25, -0.2) is 0 Å². The van der Waals surface area contributed by atoms with Crippen LogP contribution < -0.4 is 5.46 Å². The third kappa shape index (κ3) is 2.99. The molecule has 1 atom stereocenters. The summed E-state index contributed by atoms with van der Waals surface area (Å²) in [5.41, 5.74) is 3.17. The molecule has 1 unspecified atom stereocenters. The fourth-order valence-corrected chi connectivity index (χ4v) is 3.71. The lowest BCUT2D eigenvalue weighted by Crippen LogP contribution is -2.41. The van der Waals surface area contributed by atoms with Crippen molar-refractivity contribution in [3.8, 4) is 0 Å². The average Bonchev–Trinajstić information content (AvgIpc) is 3.07. The molecule has 27 heavy (non-hydrogen) atoms. The first kappa shape index (κ1) is 18.3. The van der Waals surface area contributed by atoms with Gasteiger partial charge in [-0.05, 0) is 57.3 Å². The van der Waals surface area contributed by atoms with E-state index in [0.29, 0.717) is 6.54 Å². The lowest BCUT2D eigenvalue weighted by atomic mass is 9.78. The summed E-state index contributed by atoms with van der Waals surface area (Å²) in [7, 11) is -0.406. The number of carbonyl (C=O) groups is 1. The molecule has 0 N–H and O–H groups in total. The topological polar surface area (TPSA) is 38.8 Å². The number of rotatable bonds is 3. The number of nitrogens with zero attached hydrogens (tertiary/aromatic N) is 1. The Labute approximate surface area is 161 Å². The minimum absolute atomic E-state index is 0.0337. The molecule has 1 saturated heterocycles. The van der Waals surface area contributed by atoms with E-state index in [1.54, 1.807) is 0 Å². The van der Waals surface area contributed by atoms with Crippen LogP contribution in [-0.2, 0) is 15.9 Å². The Morgan fingerprint density at radius 2 is 1.63 bits per heavy atom. The molecule has 0 aliphatic carbocycles. The molecule has 2 heterocycles. The predicted molar refractivity (Wildman–Crippen MR) is 107 cm³/mol. The summed E-state index contributed by atoms with van der Waals surface area (Å²) in [5, 5.41) is 0. The Balaban J connectivity index is 1.59. The number of carbonyl (C=O) groups excluding carboxylic acids is 1. The van der Waals surface area contributed by atoms with Gasteiger partial charge in [0.05, 0.1) is 17.2 Å². The second-order valence-electron chi connectivity index (χ2n) is 8.52. The van der Waals surface area contributed by atoms with Crippen LogP contribution >= 0.6 is 0 Å². The summed E-state index contributed by atoms with van der Waals surface area (Å²) >= 11 is 0. The number of fused-ring (bicyclic) bond motifs is 1. The van der Waals surface area contributed by atoms with Crippen molar-refractivity contribution in [3.63, 3.8) is 0 Å². The van der Waals surface area contributed by atoms with E-state index in [0.717, 1.165) is 22.2 Å². The molecule has 4 rings (SSSR count). The van der Waals surface area contributed by atoms with Crippen molar-refractivity contribution in [3.05, 3.63) is 65.2 Å². The summed E-state index contributed by atoms with van der Waals surface area (Å²) < 4.78 is 12.3. The standard InChI is InChI=1S/C22H26BNO3/c1-15(16-9-7-6-8-10-16)24-14-17-13-18(11-12-19(17)20(24)25)23-26-21(2,3)22(4,5)27-23/h6-13,15H,14H2,1-5H3. The highest BCUT2D eigenvalue weighted by Gasteiger charge is 2.52. The zero-order valence-corrected chi connectivity index (χ0v) is 16.7. The van der Waals surface area contributed by atoms with Crippen LogP contribution in [0.1, 0.15) is 62.1 Å². The van der Waals surface area contributed by atoms with Crippen molar-refractivity contribution < 1.29 is 14.1 Å². The van der Waals surface area contributed by atoms with Crippen LogP contribution in [0.5, 0.6) is 0 Å². The largest absolute Gasteiger partial charge is 0.494 e. The van der Waals surface area contributed by atoms with Crippen molar-refractivity contribution in [1.82, 2.24) is 4.90 Å². The maximum Gasteiger partial charge on any atom is 0.494 e. The Hall–Kier alpha value is -2.11. The highest BCUT2D eigenvalue weighted by atomic mass is 16.7. The fourth-order valence-electron chi connectivity index (χ4n) is 3.71. The van der Waals surface area contributed by atoms with Gasteiger partial charge in [-0.2, -0.15) is 0 Å². The molecule has 2 aromatic carbocycles. The average molecular weight is 363 g/mol. The number of amides is 1. The van der Waals surface area contributed by atoms with Crippen LogP contribution in [0.25, 0.3) is 0 Å². The van der Waals surface area contributed by atoms with Crippen molar-refractivity contribution in [1.29, 1.82) is 0 Å². The maximum absolute atomic E-state index is 12.9. The van der Waals surface area contributed by atoms with E-state index in [1.807, 2.05) is 62.9 Å². The Morgan fingerprint density at radius 1 is 1.00 bits per heavy atom. The van der Waals surface area contributed by atoms with E-state index >= 15 is 0 Å². The molecule has 140 valence electrons. The molecular formula is C22H26BNO3. The zero-order chi connectivity index (χ0) is 19.4. The van der Waals surface area contributed by atoms with E-state index in [-0.39, 0.29) is 23.2 Å². The quantitative estimate of drug-likeness (QED) is 0.781. The summed E-state index contributed by atoms with van der Waals surface area (Å²) in [4.78, 5) is 14.8. The molecule has 2 aliphatic heterocycles. The van der Waals surface area contributed by atoms with E-state index in [4.69, 9.17) is 9.31 Å². The van der Waals surface area contributed by atoms with Crippen LogP contribution in [0.2, 0.25) is 0 Å². The monoisotopic (exact) mass is 363 g/mol. The second-order valence-corrected chi connectivity index (χ2v) is 8.52. The zero-order valence-electron chi connectivity index (χ0n) is 16.7. The molecule has 0 bridgehead atoms. The predicted octanol–water partition coefficient (Wildman–Crippen LogP) is 3.70. The number of benzene rings is 2. The van der Waals surface area contributed by atoms with Gasteiger partial charge in [-0.3, -0.25) is 4.79 Å². The molecule has 1 fully saturated rings. The molecular weight excluding hydrogens is 337 g/mol. The fraction of sp³-hybridized carbons (Fsp3) is 0.409. The van der Waals surface area contributed by atoms with Gasteiger partial charge in [0.2, 0.25) is 0 Å². The normalized spacial score (nSPS) is 21.4. The van der Waals surface area contributed by atoms with E-state index < -0.39 is 7.12 Å². The third-order valence-electron chi connectivity index (χ3n) is 6.24. The molecule has 0 aromatic heterocycles. The van der Waals surface area contributed by atoms with Gasteiger partial charge < -0.3 is 14.2 Å². The second kappa shape index (κ2) is 6.21. The molecule has 0 saturated carbocycles. The first-order valence-corrected chi connectivity index (χ1v) is 9.54. The molecule has 2 aromatic rings. The van der Waals surface area contributed by atoms with Crippen molar-refractivity contribution in [2.45, 2.75) is 58.4 Å². The minimum Gasteiger partial charge on any atom is -0.399 e. The van der Waals surface area contributed by atoms with Crippen molar-refractivity contribution in [2.75, 3.05) is 0 Å². The van der Waals surface area contributed by atoms with Gasteiger partial charge in [0.25, 0.3) is 5.91 Å².